The number of nitrogens with zero attached hydrogens (tertiary/aromatic N) is 3. The number of rotatable bonds is 9. The van der Waals surface area contributed by atoms with Crippen LogP contribution >= 0.6 is 15.9 Å². The Morgan fingerprint density at radius 3 is 1.14 bits per heavy atom. The molecule has 26 rings (SSSR count). The number of halogens is 1. The molecule has 2 aliphatic carbocycles. The fraction of sp³-hybridized carbons (Fsp3) is 0.0252. The molecule has 0 fully saturated rings. The van der Waals surface area contributed by atoms with Crippen LogP contribution in [0.15, 0.2) is 466 Å². The Kier molecular flexibility index (Phi) is 17.6. The Balaban J connectivity index is 0.000000116. The van der Waals surface area contributed by atoms with Crippen molar-refractivity contribution >= 4 is 98.1 Å². The van der Waals surface area contributed by atoms with Gasteiger partial charge in [0.25, 0.3) is 0 Å². The predicted molar refractivity (Wildman–Crippen MR) is 520 cm³/mol. The van der Waals surface area contributed by atoms with E-state index in [0.717, 1.165) is 73.3 Å². The molecule has 20 aromatic carbocycles. The lowest BCUT2D eigenvalue weighted by molar-refractivity contribution is 0.436. The van der Waals surface area contributed by atoms with Gasteiger partial charge < -0.3 is 23.5 Å². The van der Waals surface area contributed by atoms with Crippen molar-refractivity contribution in [2.24, 2.45) is 0 Å². The molecule has 2 aromatic heterocycles. The third-order valence-electron chi connectivity index (χ3n) is 26.2. The van der Waals surface area contributed by atoms with Crippen molar-refractivity contribution in [3.8, 4) is 78.9 Å². The minimum absolute atomic E-state index is 0.413. The van der Waals surface area contributed by atoms with E-state index < -0.39 is 10.8 Å². The molecule has 0 N–H and O–H groups in total. The summed E-state index contributed by atoms with van der Waals surface area (Å²) in [6, 6.07) is 167. The lowest BCUT2D eigenvalue weighted by atomic mass is 9.66. The Labute approximate surface area is 733 Å². The normalized spacial score (nSPS) is 13.0. The fourth-order valence-corrected chi connectivity index (χ4v) is 21.3. The van der Waals surface area contributed by atoms with Gasteiger partial charge in [0.2, 0.25) is 0 Å². The average molecular weight is 1660 g/mol. The van der Waals surface area contributed by atoms with Crippen LogP contribution in [0.1, 0.15) is 55.6 Å². The van der Waals surface area contributed by atoms with Crippen molar-refractivity contribution < 1.29 is 9.47 Å². The van der Waals surface area contributed by atoms with Crippen molar-refractivity contribution in [2.75, 3.05) is 4.90 Å². The first-order valence-electron chi connectivity index (χ1n) is 42.9. The SMILES string of the molecule is Brc1ccc2c(c1)C1(c3ccccc3Oc3ccccc31)c1cc3ccccc3cc1-2.c1ccc(-c2ccccc2Cc2ccc3c(c2)c2ccccc2n3-c2ccccc2)cc1.c1ccc(-c2ccccc2N(c2ccc3c(c2)C2(c4ccccc4Oc4ccccc42)c2cc4ccccc4cc2-3)c2ccc3c(c2)c2ccccc2n3-c2ccccc2)cc1. The number of aromatic nitrogens is 2. The molecule has 4 aliphatic rings. The van der Waals surface area contributed by atoms with Crippen molar-refractivity contribution in [3.05, 3.63) is 521 Å². The highest BCUT2D eigenvalue weighted by atomic mass is 79.9. The topological polar surface area (TPSA) is 31.6 Å². The second kappa shape index (κ2) is 29.9. The highest BCUT2D eigenvalue weighted by Crippen LogP contribution is 2.66. The smallest absolute Gasteiger partial charge is 0.132 e. The molecule has 4 heterocycles. The van der Waals surface area contributed by atoms with Crippen molar-refractivity contribution in [2.45, 2.75) is 17.3 Å². The number of para-hydroxylation sites is 9. The van der Waals surface area contributed by atoms with E-state index in [0.29, 0.717) is 0 Å². The van der Waals surface area contributed by atoms with Crippen LogP contribution in [-0.2, 0) is 17.3 Å². The maximum Gasteiger partial charge on any atom is 0.132 e. The summed E-state index contributed by atoms with van der Waals surface area (Å²) in [6.45, 7) is 0. The summed E-state index contributed by atoms with van der Waals surface area (Å²) >= 11 is 3.75. The molecular formula is C119H78BrN3O2. The Bertz CT molecular complexity index is 7960. The van der Waals surface area contributed by atoms with Gasteiger partial charge >= 0.3 is 0 Å². The molecular weight excluding hydrogens is 1580 g/mol. The van der Waals surface area contributed by atoms with Crippen LogP contribution in [0.2, 0.25) is 0 Å². The number of benzene rings is 20. The van der Waals surface area contributed by atoms with E-state index in [1.165, 1.54) is 154 Å². The first-order valence-corrected chi connectivity index (χ1v) is 43.7. The minimum atomic E-state index is -0.631. The van der Waals surface area contributed by atoms with E-state index in [2.05, 4.69) is 491 Å². The van der Waals surface area contributed by atoms with Gasteiger partial charge in [-0.05, 0) is 246 Å². The van der Waals surface area contributed by atoms with E-state index >= 15 is 0 Å². The molecule has 0 amide bonds. The lowest BCUT2D eigenvalue weighted by Crippen LogP contribution is -2.32. The quantitative estimate of drug-likeness (QED) is 0.144. The summed E-state index contributed by atoms with van der Waals surface area (Å²) in [4.78, 5) is 2.47. The molecule has 125 heavy (non-hydrogen) atoms. The molecule has 0 radical (unpaired) electrons. The van der Waals surface area contributed by atoms with Crippen molar-refractivity contribution in [1.29, 1.82) is 0 Å². The predicted octanol–water partition coefficient (Wildman–Crippen LogP) is 31.7. The monoisotopic (exact) mass is 1660 g/mol. The first-order chi connectivity index (χ1) is 61.9. The van der Waals surface area contributed by atoms with E-state index in [1.54, 1.807) is 0 Å². The number of hydrogen-bond acceptors (Lipinski definition) is 3. The Morgan fingerprint density at radius 1 is 0.240 bits per heavy atom. The molecule has 0 saturated carbocycles. The number of hydrogen-bond donors (Lipinski definition) is 0. The fourth-order valence-electron chi connectivity index (χ4n) is 21.0. The minimum Gasteiger partial charge on any atom is -0.457 e. The van der Waals surface area contributed by atoms with Gasteiger partial charge in [0, 0.05) is 76.6 Å². The summed E-state index contributed by atoms with van der Waals surface area (Å²) in [5.74, 6) is 3.62. The molecule has 0 saturated heterocycles. The largest absolute Gasteiger partial charge is 0.457 e. The zero-order valence-electron chi connectivity index (χ0n) is 68.1. The third-order valence-corrected chi connectivity index (χ3v) is 26.7. The second-order valence-corrected chi connectivity index (χ2v) is 33.9. The summed E-state index contributed by atoms with van der Waals surface area (Å²) in [6.07, 6.45) is 0.909. The van der Waals surface area contributed by atoms with Crippen LogP contribution < -0.4 is 14.4 Å². The van der Waals surface area contributed by atoms with E-state index in [1.807, 2.05) is 0 Å². The molecule has 0 unspecified atom stereocenters. The first kappa shape index (κ1) is 73.3. The van der Waals surface area contributed by atoms with Gasteiger partial charge in [-0.1, -0.05) is 331 Å². The van der Waals surface area contributed by atoms with Crippen LogP contribution in [0.3, 0.4) is 0 Å². The van der Waals surface area contributed by atoms with Gasteiger partial charge in [0.1, 0.15) is 23.0 Å². The van der Waals surface area contributed by atoms with E-state index in [9.17, 15) is 0 Å². The van der Waals surface area contributed by atoms with Crippen molar-refractivity contribution in [1.82, 2.24) is 9.13 Å². The maximum absolute atomic E-state index is 6.76. The van der Waals surface area contributed by atoms with Crippen molar-refractivity contribution in [3.63, 3.8) is 0 Å². The molecule has 6 heteroatoms. The highest BCUT2D eigenvalue weighted by Gasteiger charge is 2.53. The van der Waals surface area contributed by atoms with E-state index in [4.69, 9.17) is 9.47 Å². The maximum atomic E-state index is 6.76. The second-order valence-electron chi connectivity index (χ2n) is 32.9. The van der Waals surface area contributed by atoms with Crippen LogP contribution in [0.5, 0.6) is 23.0 Å². The number of anilines is 3. The standard InChI is InChI=1S/C59H38N2O.C31H23N.C29H17BrO/c1-3-17-39(18-4-1)45-23-9-13-27-54(45)60(43-32-34-56-49(37-43)47-24-10-14-28-55(47)61(56)42-21-5-2-6-22-42)44-31-33-46-48-35-40-19-7-8-20-41(40)36-52(48)59(53(46)38-44)50-25-11-15-29-57(50)62-58-30-16-12-26-51(58)59;1-3-11-24(12-4-1)27-16-8-7-13-25(27)21-23-19-20-31-29(22-23)28-17-9-10-18-30(28)32(31)26-14-5-2-6-15-26;30-20-13-14-21-22-15-18-7-1-2-8-19(18)16-25(22)29(26(21)17-20)23-9-3-5-11-27(23)31-28-12-6-4-10-24(28)29/h1-38H;1-20,22H,21H2;1-17H. The highest BCUT2D eigenvalue weighted by molar-refractivity contribution is 9.10. The zero-order chi connectivity index (χ0) is 82.7. The molecule has 0 bridgehead atoms. The number of ether oxygens (including phenoxy) is 2. The lowest BCUT2D eigenvalue weighted by Gasteiger charge is -2.40. The van der Waals surface area contributed by atoms with Gasteiger partial charge in [0.15, 0.2) is 0 Å². The van der Waals surface area contributed by atoms with Crippen LogP contribution in [0.25, 0.3) is 121 Å². The van der Waals surface area contributed by atoms with Crippen LogP contribution in [0.4, 0.5) is 17.1 Å². The zero-order valence-corrected chi connectivity index (χ0v) is 69.7. The molecule has 5 nitrogen and oxygen atoms in total. The van der Waals surface area contributed by atoms with Gasteiger partial charge in [-0.2, -0.15) is 0 Å². The van der Waals surface area contributed by atoms with Crippen LogP contribution in [-0.4, -0.2) is 9.13 Å². The van der Waals surface area contributed by atoms with Gasteiger partial charge in [-0.3, -0.25) is 0 Å². The number of fused-ring (bicyclic) bond motifs is 26. The van der Waals surface area contributed by atoms with Gasteiger partial charge in [0.05, 0.1) is 38.6 Å². The summed E-state index contributed by atoms with van der Waals surface area (Å²) < 4.78 is 19.0. The van der Waals surface area contributed by atoms with Gasteiger partial charge in [-0.25, -0.2) is 0 Å². The molecule has 0 atom stereocenters. The molecule has 22 aromatic rings. The Hall–Kier alpha value is -15.6. The summed E-state index contributed by atoms with van der Waals surface area (Å²) in [7, 11) is 0. The summed E-state index contributed by atoms with van der Waals surface area (Å²) in [5.41, 5.74) is 31.9. The third kappa shape index (κ3) is 11.8. The molecule has 2 spiro atoms. The summed E-state index contributed by atoms with van der Waals surface area (Å²) in [5, 5.41) is 10.00. The molecule has 588 valence electrons. The van der Waals surface area contributed by atoms with E-state index in [-0.39, 0.29) is 0 Å². The Morgan fingerprint density at radius 2 is 0.608 bits per heavy atom. The average Bonchev–Trinajstić information content (AvgIpc) is 1.53. The van der Waals surface area contributed by atoms with Crippen LogP contribution in [0, 0.1) is 0 Å². The van der Waals surface area contributed by atoms with Gasteiger partial charge in [-0.15, -0.1) is 0 Å². The molecule has 2 aliphatic heterocycles.